The second-order valence-corrected chi connectivity index (χ2v) is 3.65. The van der Waals surface area contributed by atoms with E-state index in [-0.39, 0.29) is 0 Å². The molecule has 2 heterocycles. The van der Waals surface area contributed by atoms with Gasteiger partial charge in [0, 0.05) is 25.7 Å². The fourth-order valence-corrected chi connectivity index (χ4v) is 1.61. The molecule has 0 N–H and O–H groups in total. The fourth-order valence-electron chi connectivity index (χ4n) is 1.28. The summed E-state index contributed by atoms with van der Waals surface area (Å²) in [4.78, 5) is 10.4. The SMILES string of the molecule is CN(C)c1nc2ncccc2cc1Cl. The quantitative estimate of drug-likeness (QED) is 0.719. The molecule has 14 heavy (non-hydrogen) atoms. The first-order valence-electron chi connectivity index (χ1n) is 4.27. The Balaban J connectivity index is 2.71. The molecule has 2 aromatic heterocycles. The zero-order valence-electron chi connectivity index (χ0n) is 8.03. The molecule has 0 aliphatic rings. The first-order chi connectivity index (χ1) is 6.68. The van der Waals surface area contributed by atoms with E-state index >= 15 is 0 Å². The number of hydrogen-bond acceptors (Lipinski definition) is 3. The predicted octanol–water partition coefficient (Wildman–Crippen LogP) is 2.35. The zero-order valence-corrected chi connectivity index (χ0v) is 8.78. The van der Waals surface area contributed by atoms with Crippen LogP contribution in [0.4, 0.5) is 5.82 Å². The first kappa shape index (κ1) is 9.21. The Morgan fingerprint density at radius 1 is 1.36 bits per heavy atom. The van der Waals surface area contributed by atoms with Crippen LogP contribution in [-0.2, 0) is 0 Å². The predicted molar refractivity (Wildman–Crippen MR) is 58.9 cm³/mol. The molecule has 0 saturated carbocycles. The lowest BCUT2D eigenvalue weighted by Crippen LogP contribution is -2.11. The van der Waals surface area contributed by atoms with Crippen molar-refractivity contribution in [2.24, 2.45) is 0 Å². The normalized spacial score (nSPS) is 10.5. The second-order valence-electron chi connectivity index (χ2n) is 3.24. The summed E-state index contributed by atoms with van der Waals surface area (Å²) < 4.78 is 0. The van der Waals surface area contributed by atoms with Crippen LogP contribution < -0.4 is 4.90 Å². The van der Waals surface area contributed by atoms with Crippen LogP contribution >= 0.6 is 11.6 Å². The van der Waals surface area contributed by atoms with Crippen molar-refractivity contribution in [2.75, 3.05) is 19.0 Å². The molecule has 3 nitrogen and oxygen atoms in total. The summed E-state index contributed by atoms with van der Waals surface area (Å²) in [6.45, 7) is 0. The second kappa shape index (κ2) is 3.42. The van der Waals surface area contributed by atoms with Gasteiger partial charge in [0.1, 0.15) is 5.82 Å². The van der Waals surface area contributed by atoms with Crippen molar-refractivity contribution < 1.29 is 0 Å². The Kier molecular flexibility index (Phi) is 2.25. The van der Waals surface area contributed by atoms with Gasteiger partial charge in [-0.25, -0.2) is 9.97 Å². The number of rotatable bonds is 1. The summed E-state index contributed by atoms with van der Waals surface area (Å²) in [5.41, 5.74) is 0.723. The van der Waals surface area contributed by atoms with Crippen LogP contribution in [0.15, 0.2) is 24.4 Å². The highest BCUT2D eigenvalue weighted by molar-refractivity contribution is 6.33. The molecule has 2 aromatic rings. The number of anilines is 1. The Bertz CT molecular complexity index is 468. The average Bonchev–Trinajstić information content (AvgIpc) is 2.16. The molecule has 0 unspecified atom stereocenters. The van der Waals surface area contributed by atoms with E-state index in [4.69, 9.17) is 11.6 Å². The lowest BCUT2D eigenvalue weighted by Gasteiger charge is -2.13. The maximum absolute atomic E-state index is 6.07. The third kappa shape index (κ3) is 1.51. The Morgan fingerprint density at radius 3 is 2.86 bits per heavy atom. The molecule has 0 fully saturated rings. The summed E-state index contributed by atoms with van der Waals surface area (Å²) in [5.74, 6) is 0.748. The molecular formula is C10H10ClN3. The first-order valence-corrected chi connectivity index (χ1v) is 4.65. The standard InChI is InChI=1S/C10H10ClN3/c1-14(2)10-8(11)6-7-4-3-5-12-9(7)13-10/h3-6H,1-2H3. The molecular weight excluding hydrogens is 198 g/mol. The van der Waals surface area contributed by atoms with E-state index in [1.165, 1.54) is 0 Å². The minimum atomic E-state index is 0.649. The molecule has 2 rings (SSSR count). The van der Waals surface area contributed by atoms with Crippen LogP contribution in [0.2, 0.25) is 5.02 Å². The van der Waals surface area contributed by atoms with Gasteiger partial charge in [-0.3, -0.25) is 0 Å². The number of hydrogen-bond donors (Lipinski definition) is 0. The molecule has 72 valence electrons. The number of nitrogens with zero attached hydrogens (tertiary/aromatic N) is 3. The number of halogens is 1. The topological polar surface area (TPSA) is 29.0 Å². The van der Waals surface area contributed by atoms with Gasteiger partial charge in [0.15, 0.2) is 5.65 Å². The molecule has 0 saturated heterocycles. The molecule has 0 radical (unpaired) electrons. The van der Waals surface area contributed by atoms with E-state index in [9.17, 15) is 0 Å². The monoisotopic (exact) mass is 207 g/mol. The average molecular weight is 208 g/mol. The summed E-state index contributed by atoms with van der Waals surface area (Å²) in [6, 6.07) is 5.70. The van der Waals surface area contributed by atoms with Gasteiger partial charge in [-0.1, -0.05) is 11.6 Å². The Morgan fingerprint density at radius 2 is 2.14 bits per heavy atom. The third-order valence-electron chi connectivity index (χ3n) is 1.95. The molecule has 0 spiro atoms. The molecule has 0 amide bonds. The number of aromatic nitrogens is 2. The fraction of sp³-hybridized carbons (Fsp3) is 0.200. The van der Waals surface area contributed by atoms with Crippen molar-refractivity contribution in [3.63, 3.8) is 0 Å². The van der Waals surface area contributed by atoms with E-state index < -0.39 is 0 Å². The van der Waals surface area contributed by atoms with Gasteiger partial charge in [0.05, 0.1) is 5.02 Å². The maximum atomic E-state index is 6.07. The Hall–Kier alpha value is -1.35. The van der Waals surface area contributed by atoms with Gasteiger partial charge in [-0.2, -0.15) is 0 Å². The maximum Gasteiger partial charge on any atom is 0.161 e. The lowest BCUT2D eigenvalue weighted by atomic mass is 10.3. The van der Waals surface area contributed by atoms with Crippen molar-refractivity contribution in [2.45, 2.75) is 0 Å². The van der Waals surface area contributed by atoms with Crippen LogP contribution in [0.1, 0.15) is 0 Å². The van der Waals surface area contributed by atoms with Crippen molar-refractivity contribution in [1.29, 1.82) is 0 Å². The molecule has 0 aliphatic heterocycles. The molecule has 0 atom stereocenters. The summed E-state index contributed by atoms with van der Waals surface area (Å²) in [7, 11) is 3.81. The molecule has 0 aromatic carbocycles. The number of pyridine rings is 2. The van der Waals surface area contributed by atoms with E-state index in [1.807, 2.05) is 37.2 Å². The highest BCUT2D eigenvalue weighted by Crippen LogP contribution is 2.25. The van der Waals surface area contributed by atoms with Crippen LogP contribution in [0.3, 0.4) is 0 Å². The molecule has 0 aliphatic carbocycles. The molecule has 0 bridgehead atoms. The minimum Gasteiger partial charge on any atom is -0.361 e. The Labute approximate surface area is 87.3 Å². The number of fused-ring (bicyclic) bond motifs is 1. The van der Waals surface area contributed by atoms with E-state index in [2.05, 4.69) is 9.97 Å². The third-order valence-corrected chi connectivity index (χ3v) is 2.23. The van der Waals surface area contributed by atoms with Crippen LogP contribution in [0.25, 0.3) is 11.0 Å². The zero-order chi connectivity index (χ0) is 10.1. The largest absolute Gasteiger partial charge is 0.361 e. The highest BCUT2D eigenvalue weighted by Gasteiger charge is 2.06. The lowest BCUT2D eigenvalue weighted by molar-refractivity contribution is 1.07. The van der Waals surface area contributed by atoms with E-state index in [0.717, 1.165) is 16.9 Å². The van der Waals surface area contributed by atoms with Gasteiger partial charge in [-0.15, -0.1) is 0 Å². The van der Waals surface area contributed by atoms with Gasteiger partial charge in [0.25, 0.3) is 0 Å². The van der Waals surface area contributed by atoms with Gasteiger partial charge >= 0.3 is 0 Å². The summed E-state index contributed by atoms with van der Waals surface area (Å²) >= 11 is 6.07. The van der Waals surface area contributed by atoms with Crippen molar-refractivity contribution in [3.05, 3.63) is 29.4 Å². The van der Waals surface area contributed by atoms with Crippen molar-refractivity contribution in [3.8, 4) is 0 Å². The van der Waals surface area contributed by atoms with E-state index in [1.54, 1.807) is 6.20 Å². The summed E-state index contributed by atoms with van der Waals surface area (Å²) in [6.07, 6.45) is 1.72. The van der Waals surface area contributed by atoms with Crippen molar-refractivity contribution >= 4 is 28.5 Å². The smallest absolute Gasteiger partial charge is 0.161 e. The summed E-state index contributed by atoms with van der Waals surface area (Å²) in [5, 5.41) is 1.61. The molecule has 4 heteroatoms. The van der Waals surface area contributed by atoms with Gasteiger partial charge in [-0.05, 0) is 18.2 Å². The van der Waals surface area contributed by atoms with Crippen LogP contribution in [0.5, 0.6) is 0 Å². The highest BCUT2D eigenvalue weighted by atomic mass is 35.5. The van der Waals surface area contributed by atoms with Crippen LogP contribution in [-0.4, -0.2) is 24.1 Å². The van der Waals surface area contributed by atoms with Crippen molar-refractivity contribution in [1.82, 2.24) is 9.97 Å². The van der Waals surface area contributed by atoms with Crippen LogP contribution in [0, 0.1) is 0 Å². The van der Waals surface area contributed by atoms with Gasteiger partial charge in [0.2, 0.25) is 0 Å². The van der Waals surface area contributed by atoms with E-state index in [0.29, 0.717) is 5.02 Å². The minimum absolute atomic E-state index is 0.649. The van der Waals surface area contributed by atoms with Gasteiger partial charge < -0.3 is 4.90 Å².